The monoisotopic (exact) mass is 292 g/mol. The average molecular weight is 292 g/mol. The van der Waals surface area contributed by atoms with Crippen LogP contribution in [-0.4, -0.2) is 31.0 Å². The second-order valence-electron chi connectivity index (χ2n) is 5.12. The third-order valence-corrected chi connectivity index (χ3v) is 2.77. The van der Waals surface area contributed by atoms with Crippen molar-refractivity contribution in [2.75, 3.05) is 18.0 Å². The van der Waals surface area contributed by atoms with Gasteiger partial charge in [0.25, 0.3) is 0 Å². The number of carbonyl (C=O) groups excluding carboxylic acids is 2. The summed E-state index contributed by atoms with van der Waals surface area (Å²) in [6.45, 7) is 7.98. The van der Waals surface area contributed by atoms with E-state index in [0.717, 1.165) is 12.2 Å². The van der Waals surface area contributed by atoms with Gasteiger partial charge in [-0.25, -0.2) is 0 Å². The fourth-order valence-corrected chi connectivity index (χ4v) is 1.83. The third-order valence-electron chi connectivity index (χ3n) is 2.77. The lowest BCUT2D eigenvalue weighted by Gasteiger charge is -2.21. The fraction of sp³-hybridized carbons (Fsp3) is 0.500. The molecule has 1 aromatic rings. The van der Waals surface area contributed by atoms with E-state index in [1.807, 2.05) is 20.8 Å². The molecule has 1 N–H and O–H groups in total. The van der Waals surface area contributed by atoms with Crippen LogP contribution in [0, 0.1) is 0 Å². The van der Waals surface area contributed by atoms with Gasteiger partial charge in [0.05, 0.1) is 6.10 Å². The quantitative estimate of drug-likeness (QED) is 0.839. The maximum Gasteiger partial charge on any atom is 0.240 e. The minimum Gasteiger partial charge on any atom is -0.491 e. The second kappa shape index (κ2) is 8.29. The molecule has 1 rings (SSSR count). The maximum atomic E-state index is 11.8. The number of rotatable bonds is 7. The molecule has 0 saturated carbocycles. The van der Waals surface area contributed by atoms with Crippen molar-refractivity contribution in [3.63, 3.8) is 0 Å². The van der Waals surface area contributed by atoms with Crippen molar-refractivity contribution < 1.29 is 14.3 Å². The Balaban J connectivity index is 2.76. The number of nitrogens with zero attached hydrogens (tertiary/aromatic N) is 1. The number of anilines is 1. The Hall–Kier alpha value is -2.04. The smallest absolute Gasteiger partial charge is 0.240 e. The molecule has 0 saturated heterocycles. The zero-order valence-corrected chi connectivity index (χ0v) is 13.2. The van der Waals surface area contributed by atoms with Gasteiger partial charge in [0, 0.05) is 19.2 Å². The summed E-state index contributed by atoms with van der Waals surface area (Å²) >= 11 is 0. The van der Waals surface area contributed by atoms with E-state index in [4.69, 9.17) is 4.74 Å². The summed E-state index contributed by atoms with van der Waals surface area (Å²) in [6.07, 6.45) is 0.965. The van der Waals surface area contributed by atoms with Crippen LogP contribution in [0.25, 0.3) is 0 Å². The summed E-state index contributed by atoms with van der Waals surface area (Å²) < 4.78 is 5.56. The van der Waals surface area contributed by atoms with Gasteiger partial charge in [0.15, 0.2) is 0 Å². The standard InChI is InChI=1S/C16H24N2O3/c1-5-10-17-16(20)11-18(13(4)19)14-6-8-15(9-7-14)21-12(2)3/h6-9,12H,5,10-11H2,1-4H3,(H,17,20). The summed E-state index contributed by atoms with van der Waals surface area (Å²) in [6, 6.07) is 7.17. The molecule has 0 bridgehead atoms. The molecule has 0 unspecified atom stereocenters. The average Bonchev–Trinajstić information content (AvgIpc) is 2.42. The van der Waals surface area contributed by atoms with Gasteiger partial charge < -0.3 is 15.0 Å². The van der Waals surface area contributed by atoms with Gasteiger partial charge in [-0.15, -0.1) is 0 Å². The topological polar surface area (TPSA) is 58.6 Å². The Labute approximate surface area is 126 Å². The van der Waals surface area contributed by atoms with E-state index in [1.54, 1.807) is 24.3 Å². The van der Waals surface area contributed by atoms with Crippen LogP contribution >= 0.6 is 0 Å². The molecule has 0 spiro atoms. The van der Waals surface area contributed by atoms with E-state index in [0.29, 0.717) is 12.2 Å². The molecular formula is C16H24N2O3. The minimum atomic E-state index is -0.167. The zero-order chi connectivity index (χ0) is 15.8. The molecule has 0 radical (unpaired) electrons. The number of ether oxygens (including phenoxy) is 1. The number of benzene rings is 1. The first-order chi connectivity index (χ1) is 9.93. The van der Waals surface area contributed by atoms with Crippen molar-refractivity contribution in [1.82, 2.24) is 5.32 Å². The lowest BCUT2D eigenvalue weighted by molar-refractivity contribution is -0.123. The Kier molecular flexibility index (Phi) is 6.72. The van der Waals surface area contributed by atoms with E-state index in [2.05, 4.69) is 5.32 Å². The second-order valence-corrected chi connectivity index (χ2v) is 5.12. The van der Waals surface area contributed by atoms with Gasteiger partial charge in [-0.05, 0) is 44.5 Å². The molecular weight excluding hydrogens is 268 g/mol. The summed E-state index contributed by atoms with van der Waals surface area (Å²) in [5.41, 5.74) is 0.685. The summed E-state index contributed by atoms with van der Waals surface area (Å²) in [5, 5.41) is 2.77. The van der Waals surface area contributed by atoms with E-state index in [1.165, 1.54) is 11.8 Å². The summed E-state index contributed by atoms with van der Waals surface area (Å²) in [7, 11) is 0. The highest BCUT2D eigenvalue weighted by Crippen LogP contribution is 2.20. The largest absolute Gasteiger partial charge is 0.491 e. The maximum absolute atomic E-state index is 11.8. The van der Waals surface area contributed by atoms with Crippen LogP contribution in [-0.2, 0) is 9.59 Å². The number of amides is 2. The molecule has 1 aromatic carbocycles. The van der Waals surface area contributed by atoms with Gasteiger partial charge in [0.2, 0.25) is 11.8 Å². The predicted molar refractivity (Wildman–Crippen MR) is 83.5 cm³/mol. The van der Waals surface area contributed by atoms with Crippen LogP contribution in [0.5, 0.6) is 5.75 Å². The molecule has 0 aliphatic carbocycles. The highest BCUT2D eigenvalue weighted by atomic mass is 16.5. The molecule has 2 amide bonds. The third kappa shape index (κ3) is 5.85. The van der Waals surface area contributed by atoms with Gasteiger partial charge in [-0.1, -0.05) is 6.92 Å². The van der Waals surface area contributed by atoms with Gasteiger partial charge in [0.1, 0.15) is 12.3 Å². The normalized spacial score (nSPS) is 10.3. The predicted octanol–water partition coefficient (Wildman–Crippen LogP) is 2.35. The lowest BCUT2D eigenvalue weighted by Crippen LogP contribution is -2.40. The first-order valence-corrected chi connectivity index (χ1v) is 7.25. The zero-order valence-electron chi connectivity index (χ0n) is 13.2. The van der Waals surface area contributed by atoms with Gasteiger partial charge >= 0.3 is 0 Å². The van der Waals surface area contributed by atoms with Crippen molar-refractivity contribution in [2.45, 2.75) is 40.2 Å². The summed E-state index contributed by atoms with van der Waals surface area (Å²) in [5.74, 6) is 0.418. The molecule has 5 heteroatoms. The van der Waals surface area contributed by atoms with Crippen molar-refractivity contribution in [3.8, 4) is 5.75 Å². The van der Waals surface area contributed by atoms with E-state index >= 15 is 0 Å². The number of nitrogens with one attached hydrogen (secondary N) is 1. The minimum absolute atomic E-state index is 0.0275. The lowest BCUT2D eigenvalue weighted by atomic mass is 10.2. The molecule has 0 aromatic heterocycles. The van der Waals surface area contributed by atoms with E-state index in [9.17, 15) is 9.59 Å². The number of carbonyl (C=O) groups is 2. The van der Waals surface area contributed by atoms with Gasteiger partial charge in [-0.2, -0.15) is 0 Å². The highest BCUT2D eigenvalue weighted by Gasteiger charge is 2.15. The summed E-state index contributed by atoms with van der Waals surface area (Å²) in [4.78, 5) is 25.0. The van der Waals surface area contributed by atoms with Crippen LogP contribution in [0.15, 0.2) is 24.3 Å². The molecule has 0 fully saturated rings. The Morgan fingerprint density at radius 2 is 1.86 bits per heavy atom. The van der Waals surface area contributed by atoms with Crippen LogP contribution in [0.3, 0.4) is 0 Å². The Morgan fingerprint density at radius 3 is 2.33 bits per heavy atom. The van der Waals surface area contributed by atoms with Crippen molar-refractivity contribution in [2.24, 2.45) is 0 Å². The number of hydrogen-bond donors (Lipinski definition) is 1. The van der Waals surface area contributed by atoms with Crippen LogP contribution < -0.4 is 15.0 Å². The Morgan fingerprint density at radius 1 is 1.24 bits per heavy atom. The van der Waals surface area contributed by atoms with Crippen molar-refractivity contribution >= 4 is 17.5 Å². The molecule has 0 aliphatic rings. The van der Waals surface area contributed by atoms with E-state index < -0.39 is 0 Å². The van der Waals surface area contributed by atoms with Gasteiger partial charge in [-0.3, -0.25) is 9.59 Å². The van der Waals surface area contributed by atoms with Crippen LogP contribution in [0.2, 0.25) is 0 Å². The first-order valence-electron chi connectivity index (χ1n) is 7.25. The molecule has 116 valence electrons. The van der Waals surface area contributed by atoms with Crippen LogP contribution in [0.1, 0.15) is 34.1 Å². The fourth-order valence-electron chi connectivity index (χ4n) is 1.83. The molecule has 0 heterocycles. The molecule has 21 heavy (non-hydrogen) atoms. The van der Waals surface area contributed by atoms with E-state index in [-0.39, 0.29) is 24.5 Å². The SMILES string of the molecule is CCCNC(=O)CN(C(C)=O)c1ccc(OC(C)C)cc1. The highest BCUT2D eigenvalue weighted by molar-refractivity contribution is 5.97. The Bertz CT molecular complexity index is 469. The molecule has 5 nitrogen and oxygen atoms in total. The van der Waals surface area contributed by atoms with Crippen molar-refractivity contribution in [3.05, 3.63) is 24.3 Å². The van der Waals surface area contributed by atoms with Crippen molar-refractivity contribution in [1.29, 1.82) is 0 Å². The molecule has 0 atom stereocenters. The van der Waals surface area contributed by atoms with Crippen LogP contribution in [0.4, 0.5) is 5.69 Å². The molecule has 0 aliphatic heterocycles. The first kappa shape index (κ1) is 17.0. The number of hydrogen-bond acceptors (Lipinski definition) is 3.